The summed E-state index contributed by atoms with van der Waals surface area (Å²) in [6.07, 6.45) is 0. The molecule has 1 aromatic heterocycles. The van der Waals surface area contributed by atoms with Gasteiger partial charge in [0.15, 0.2) is 11.5 Å². The Bertz CT molecular complexity index is 464. The zero-order valence-corrected chi connectivity index (χ0v) is 9.15. The molecule has 0 unspecified atom stereocenters. The van der Waals surface area contributed by atoms with E-state index in [0.29, 0.717) is 11.6 Å². The predicted octanol–water partition coefficient (Wildman–Crippen LogP) is 3.35. The van der Waals surface area contributed by atoms with E-state index in [9.17, 15) is 5.11 Å². The average molecular weight is 229 g/mol. The highest BCUT2D eigenvalue weighted by atomic mass is 35.5. The highest BCUT2D eigenvalue weighted by Gasteiger charge is 2.13. The molecular formula is C10H9ClO2S. The summed E-state index contributed by atoms with van der Waals surface area (Å²) in [6.45, 7) is 0. The number of hydrogen-bond acceptors (Lipinski definition) is 3. The van der Waals surface area contributed by atoms with Crippen LogP contribution >= 0.6 is 22.9 Å². The second kappa shape index (κ2) is 3.67. The molecule has 0 aliphatic heterocycles. The lowest BCUT2D eigenvalue weighted by molar-refractivity contribution is 0.374. The van der Waals surface area contributed by atoms with Gasteiger partial charge < -0.3 is 9.84 Å². The number of ether oxygens (including phenoxy) is 1. The molecule has 0 atom stereocenters. The van der Waals surface area contributed by atoms with Gasteiger partial charge in [-0.05, 0) is 22.9 Å². The van der Waals surface area contributed by atoms with Gasteiger partial charge in [0.2, 0.25) is 0 Å². The van der Waals surface area contributed by atoms with Gasteiger partial charge in [-0.1, -0.05) is 0 Å². The topological polar surface area (TPSA) is 29.5 Å². The van der Waals surface area contributed by atoms with E-state index >= 15 is 0 Å². The Morgan fingerprint density at radius 3 is 3.00 bits per heavy atom. The van der Waals surface area contributed by atoms with Gasteiger partial charge in [-0.2, -0.15) is 0 Å². The van der Waals surface area contributed by atoms with Crippen molar-refractivity contribution in [3.63, 3.8) is 0 Å². The highest BCUT2D eigenvalue weighted by Crippen LogP contribution is 2.41. The molecule has 14 heavy (non-hydrogen) atoms. The molecule has 0 saturated heterocycles. The van der Waals surface area contributed by atoms with Gasteiger partial charge in [-0.15, -0.1) is 22.9 Å². The predicted molar refractivity (Wildman–Crippen MR) is 59.6 cm³/mol. The summed E-state index contributed by atoms with van der Waals surface area (Å²) >= 11 is 7.25. The van der Waals surface area contributed by atoms with Crippen LogP contribution in [-0.4, -0.2) is 12.2 Å². The lowest BCUT2D eigenvalue weighted by Gasteiger charge is -2.08. The molecule has 2 rings (SSSR count). The van der Waals surface area contributed by atoms with E-state index in [2.05, 4.69) is 0 Å². The minimum absolute atomic E-state index is 0.190. The number of benzene rings is 1. The maximum Gasteiger partial charge on any atom is 0.176 e. The first-order chi connectivity index (χ1) is 6.77. The second-order valence-electron chi connectivity index (χ2n) is 2.89. The standard InChI is InChI=1S/C10H9ClO2S/c1-13-9-7(5-11)4-6-2-3-14-10(6)8(9)12/h2-4,12H,5H2,1H3. The number of phenols is 1. The molecule has 0 fully saturated rings. The van der Waals surface area contributed by atoms with E-state index in [1.165, 1.54) is 18.4 Å². The summed E-state index contributed by atoms with van der Waals surface area (Å²) in [5.41, 5.74) is 0.817. The molecule has 1 heterocycles. The summed E-state index contributed by atoms with van der Waals surface area (Å²) in [6, 6.07) is 3.90. The van der Waals surface area contributed by atoms with Gasteiger partial charge in [0.1, 0.15) is 0 Å². The van der Waals surface area contributed by atoms with E-state index in [0.717, 1.165) is 15.6 Å². The van der Waals surface area contributed by atoms with Crippen molar-refractivity contribution in [3.8, 4) is 11.5 Å². The third kappa shape index (κ3) is 1.33. The highest BCUT2D eigenvalue weighted by molar-refractivity contribution is 7.17. The van der Waals surface area contributed by atoms with Gasteiger partial charge in [0.25, 0.3) is 0 Å². The third-order valence-corrected chi connectivity index (χ3v) is 3.32. The number of hydrogen-bond donors (Lipinski definition) is 1. The minimum atomic E-state index is 0.190. The Morgan fingerprint density at radius 1 is 1.57 bits per heavy atom. The Labute approximate surface area is 90.7 Å². The van der Waals surface area contributed by atoms with E-state index in [1.807, 2.05) is 17.5 Å². The SMILES string of the molecule is COc1c(CCl)cc2ccsc2c1O. The number of rotatable bonds is 2. The van der Waals surface area contributed by atoms with Gasteiger partial charge >= 0.3 is 0 Å². The summed E-state index contributed by atoms with van der Waals surface area (Å²) in [4.78, 5) is 0. The Morgan fingerprint density at radius 2 is 2.36 bits per heavy atom. The van der Waals surface area contributed by atoms with E-state index in [-0.39, 0.29) is 5.75 Å². The van der Waals surface area contributed by atoms with Crippen molar-refractivity contribution in [1.82, 2.24) is 0 Å². The zero-order chi connectivity index (χ0) is 10.1. The monoisotopic (exact) mass is 228 g/mol. The van der Waals surface area contributed by atoms with Crippen molar-refractivity contribution in [2.45, 2.75) is 5.88 Å². The number of thiophene rings is 1. The van der Waals surface area contributed by atoms with Gasteiger partial charge in [-0.25, -0.2) is 0 Å². The molecule has 1 N–H and O–H groups in total. The molecule has 0 aliphatic carbocycles. The summed E-state index contributed by atoms with van der Waals surface area (Å²) < 4.78 is 5.96. The Balaban J connectivity index is 2.79. The van der Waals surface area contributed by atoms with Gasteiger partial charge in [0.05, 0.1) is 17.7 Å². The van der Waals surface area contributed by atoms with Crippen molar-refractivity contribution < 1.29 is 9.84 Å². The quantitative estimate of drug-likeness (QED) is 0.799. The summed E-state index contributed by atoms with van der Waals surface area (Å²) in [5.74, 6) is 1.01. The molecule has 74 valence electrons. The normalized spacial score (nSPS) is 10.7. The molecule has 0 amide bonds. The molecule has 2 nitrogen and oxygen atoms in total. The number of fused-ring (bicyclic) bond motifs is 1. The van der Waals surface area contributed by atoms with Crippen LogP contribution in [0.2, 0.25) is 0 Å². The van der Waals surface area contributed by atoms with Crippen molar-refractivity contribution in [3.05, 3.63) is 23.1 Å². The molecule has 4 heteroatoms. The maximum absolute atomic E-state index is 9.88. The van der Waals surface area contributed by atoms with Crippen molar-refractivity contribution in [1.29, 1.82) is 0 Å². The summed E-state index contributed by atoms with van der Waals surface area (Å²) in [5, 5.41) is 12.8. The number of methoxy groups -OCH3 is 1. The fraction of sp³-hybridized carbons (Fsp3) is 0.200. The van der Waals surface area contributed by atoms with Crippen LogP contribution in [0, 0.1) is 0 Å². The fourth-order valence-electron chi connectivity index (χ4n) is 1.46. The minimum Gasteiger partial charge on any atom is -0.503 e. The van der Waals surface area contributed by atoms with Crippen LogP contribution in [-0.2, 0) is 5.88 Å². The van der Waals surface area contributed by atoms with E-state index in [4.69, 9.17) is 16.3 Å². The first-order valence-electron chi connectivity index (χ1n) is 4.10. The largest absolute Gasteiger partial charge is 0.503 e. The molecular weight excluding hydrogens is 220 g/mol. The van der Waals surface area contributed by atoms with Crippen LogP contribution in [0.15, 0.2) is 17.5 Å². The van der Waals surface area contributed by atoms with Crippen LogP contribution in [0.3, 0.4) is 0 Å². The van der Waals surface area contributed by atoms with Crippen molar-refractivity contribution in [2.75, 3.05) is 7.11 Å². The molecule has 2 aromatic rings. The first-order valence-corrected chi connectivity index (χ1v) is 5.51. The number of alkyl halides is 1. The van der Waals surface area contributed by atoms with Crippen LogP contribution in [0.25, 0.3) is 10.1 Å². The Kier molecular flexibility index (Phi) is 2.52. The smallest absolute Gasteiger partial charge is 0.176 e. The van der Waals surface area contributed by atoms with Gasteiger partial charge in [-0.3, -0.25) is 0 Å². The molecule has 0 radical (unpaired) electrons. The zero-order valence-electron chi connectivity index (χ0n) is 7.58. The number of phenolic OH excluding ortho intramolecular Hbond substituents is 1. The van der Waals surface area contributed by atoms with Crippen molar-refractivity contribution in [2.24, 2.45) is 0 Å². The summed E-state index contributed by atoms with van der Waals surface area (Å²) in [7, 11) is 1.53. The molecule has 1 aromatic carbocycles. The van der Waals surface area contributed by atoms with Crippen LogP contribution in [0.1, 0.15) is 5.56 Å². The van der Waals surface area contributed by atoms with E-state index < -0.39 is 0 Å². The van der Waals surface area contributed by atoms with Crippen LogP contribution in [0.4, 0.5) is 0 Å². The Hall–Kier alpha value is -0.930. The molecule has 0 bridgehead atoms. The maximum atomic E-state index is 9.88. The van der Waals surface area contributed by atoms with E-state index in [1.54, 1.807) is 0 Å². The molecule has 0 saturated carbocycles. The number of halogens is 1. The molecule has 0 spiro atoms. The average Bonchev–Trinajstić information content (AvgIpc) is 2.65. The van der Waals surface area contributed by atoms with Crippen molar-refractivity contribution >= 4 is 33.0 Å². The fourth-order valence-corrected chi connectivity index (χ4v) is 2.48. The first kappa shape index (κ1) is 9.62. The van der Waals surface area contributed by atoms with Crippen LogP contribution in [0.5, 0.6) is 11.5 Å². The van der Waals surface area contributed by atoms with Gasteiger partial charge in [0, 0.05) is 5.56 Å². The third-order valence-electron chi connectivity index (χ3n) is 2.10. The second-order valence-corrected chi connectivity index (χ2v) is 4.07. The lowest BCUT2D eigenvalue weighted by atomic mass is 10.1. The van der Waals surface area contributed by atoms with Crippen LogP contribution < -0.4 is 4.74 Å². The molecule has 0 aliphatic rings. The number of aromatic hydroxyl groups is 1. The lowest BCUT2D eigenvalue weighted by Crippen LogP contribution is -1.89.